The molecule has 0 aromatic carbocycles. The van der Waals surface area contributed by atoms with Gasteiger partial charge in [-0.3, -0.25) is 18.6 Å². The van der Waals surface area contributed by atoms with Gasteiger partial charge in [-0.1, -0.05) is 167 Å². The summed E-state index contributed by atoms with van der Waals surface area (Å²) >= 11 is 0. The number of allylic oxidation sites excluding steroid dienone is 4. The van der Waals surface area contributed by atoms with Crippen LogP contribution in [-0.4, -0.2) is 98.3 Å². The van der Waals surface area contributed by atoms with Crippen molar-refractivity contribution in [3.05, 3.63) is 24.3 Å². The van der Waals surface area contributed by atoms with Crippen LogP contribution in [0.1, 0.15) is 213 Å². The molecule has 0 aliphatic heterocycles. The van der Waals surface area contributed by atoms with E-state index in [1.807, 2.05) is 0 Å². The van der Waals surface area contributed by atoms with Gasteiger partial charge in [0.2, 0.25) is 0 Å². The molecule has 1 rings (SSSR count). The fourth-order valence-corrected chi connectivity index (χ4v) is 8.49. The number of rotatable bonds is 41. The predicted octanol–water partition coefficient (Wildman–Crippen LogP) is 10.0. The fraction of sp³-hybridized carbons (Fsp3) is 0.875. The highest BCUT2D eigenvalue weighted by molar-refractivity contribution is 7.47. The lowest BCUT2D eigenvalue weighted by molar-refractivity contribution is -0.220. The molecule has 0 heterocycles. The van der Waals surface area contributed by atoms with Crippen LogP contribution in [-0.2, 0) is 32.7 Å². The molecular weight excluding hydrogens is 815 g/mol. The van der Waals surface area contributed by atoms with E-state index in [0.717, 1.165) is 70.6 Å². The molecule has 0 aromatic heterocycles. The molecule has 1 fully saturated rings. The van der Waals surface area contributed by atoms with Crippen molar-refractivity contribution in [3.8, 4) is 0 Å². The first kappa shape index (κ1) is 58.3. The van der Waals surface area contributed by atoms with E-state index in [4.69, 9.17) is 18.5 Å². The topological polar surface area (TPSA) is 210 Å². The molecule has 1 saturated carbocycles. The van der Waals surface area contributed by atoms with Crippen molar-refractivity contribution in [1.82, 2.24) is 0 Å². The molecule has 1 aliphatic rings. The van der Waals surface area contributed by atoms with Gasteiger partial charge in [0.15, 0.2) is 6.10 Å². The standard InChI is InChI=1S/C48H89O13P/c1-3-5-7-9-11-13-15-16-17-18-19-20-21-22-23-24-25-26-27-29-31-33-35-37-42(50)60-40(38-58-41(49)36-34-32-30-28-14-12-10-8-6-4-2)39-59-62(56,57)61-48-46(54)44(52)43(51)45(53)47(48)55/h8,10,18-19,40,43-48,51-55H,3-7,9,11-17,20-39H2,1-2H3,(H,56,57)/b10-8-,19-18-. The van der Waals surface area contributed by atoms with Crippen LogP contribution in [0.2, 0.25) is 0 Å². The summed E-state index contributed by atoms with van der Waals surface area (Å²) in [6.45, 7) is 3.24. The molecule has 6 atom stereocenters. The Kier molecular flexibility index (Phi) is 36.3. The van der Waals surface area contributed by atoms with E-state index >= 15 is 0 Å². The maximum Gasteiger partial charge on any atom is 0.472 e. The zero-order valence-corrected chi connectivity index (χ0v) is 39.6. The molecule has 6 N–H and O–H groups in total. The number of phosphoric acid groups is 1. The molecule has 364 valence electrons. The molecule has 13 nitrogen and oxygen atoms in total. The summed E-state index contributed by atoms with van der Waals surface area (Å²) < 4.78 is 33.5. The number of hydrogen-bond acceptors (Lipinski definition) is 12. The molecule has 6 unspecified atom stereocenters. The lowest BCUT2D eigenvalue weighted by Crippen LogP contribution is -2.64. The highest BCUT2D eigenvalue weighted by atomic mass is 31.2. The minimum absolute atomic E-state index is 0.0963. The lowest BCUT2D eigenvalue weighted by atomic mass is 9.85. The second-order valence-electron chi connectivity index (χ2n) is 17.3. The van der Waals surface area contributed by atoms with Gasteiger partial charge in [-0.05, 0) is 57.8 Å². The van der Waals surface area contributed by atoms with Crippen molar-refractivity contribution in [2.45, 2.75) is 256 Å². The van der Waals surface area contributed by atoms with Crippen LogP contribution in [0.3, 0.4) is 0 Å². The second kappa shape index (κ2) is 38.6. The van der Waals surface area contributed by atoms with E-state index in [0.29, 0.717) is 12.8 Å². The first-order valence-electron chi connectivity index (χ1n) is 24.6. The van der Waals surface area contributed by atoms with Crippen molar-refractivity contribution in [3.63, 3.8) is 0 Å². The summed E-state index contributed by atoms with van der Waals surface area (Å²) in [6, 6.07) is 0. The lowest BCUT2D eigenvalue weighted by Gasteiger charge is -2.41. The summed E-state index contributed by atoms with van der Waals surface area (Å²) in [7, 11) is -5.12. The average Bonchev–Trinajstić information content (AvgIpc) is 3.25. The predicted molar refractivity (Wildman–Crippen MR) is 244 cm³/mol. The summed E-state index contributed by atoms with van der Waals surface area (Å²) in [5, 5.41) is 50.1. The van der Waals surface area contributed by atoms with Crippen molar-refractivity contribution in [2.24, 2.45) is 0 Å². The monoisotopic (exact) mass is 905 g/mol. The fourth-order valence-electron chi connectivity index (χ4n) is 7.52. The number of carbonyl (C=O) groups is 2. The van der Waals surface area contributed by atoms with Crippen LogP contribution < -0.4 is 0 Å². The largest absolute Gasteiger partial charge is 0.472 e. The number of esters is 2. The number of phosphoric ester groups is 1. The van der Waals surface area contributed by atoms with Crippen LogP contribution in [0.25, 0.3) is 0 Å². The van der Waals surface area contributed by atoms with E-state index in [-0.39, 0.29) is 12.8 Å². The first-order chi connectivity index (χ1) is 29.9. The van der Waals surface area contributed by atoms with Crippen molar-refractivity contribution in [2.75, 3.05) is 13.2 Å². The first-order valence-corrected chi connectivity index (χ1v) is 26.1. The zero-order chi connectivity index (χ0) is 45.7. The molecule has 0 bridgehead atoms. The highest BCUT2D eigenvalue weighted by Gasteiger charge is 2.51. The minimum atomic E-state index is -5.12. The third-order valence-corrected chi connectivity index (χ3v) is 12.5. The maximum absolute atomic E-state index is 12.8. The third-order valence-electron chi connectivity index (χ3n) is 11.5. The maximum atomic E-state index is 12.8. The minimum Gasteiger partial charge on any atom is -0.462 e. The van der Waals surface area contributed by atoms with Gasteiger partial charge in [-0.15, -0.1) is 0 Å². The van der Waals surface area contributed by atoms with E-state index < -0.39 is 75.7 Å². The average molecular weight is 905 g/mol. The van der Waals surface area contributed by atoms with Gasteiger partial charge in [0, 0.05) is 12.8 Å². The molecule has 0 aromatic rings. The number of ether oxygens (including phenoxy) is 2. The second-order valence-corrected chi connectivity index (χ2v) is 18.7. The third kappa shape index (κ3) is 30.5. The highest BCUT2D eigenvalue weighted by Crippen LogP contribution is 2.47. The quantitative estimate of drug-likeness (QED) is 0.0146. The van der Waals surface area contributed by atoms with Gasteiger partial charge in [0.25, 0.3) is 0 Å². The van der Waals surface area contributed by atoms with Crippen molar-refractivity contribution < 1.29 is 63.1 Å². The molecule has 1 aliphatic carbocycles. The van der Waals surface area contributed by atoms with Gasteiger partial charge in [0.1, 0.15) is 43.2 Å². The Labute approximate surface area is 375 Å². The smallest absolute Gasteiger partial charge is 0.462 e. The number of aliphatic hydroxyl groups excluding tert-OH is 5. The van der Waals surface area contributed by atoms with Gasteiger partial charge in [-0.2, -0.15) is 0 Å². The number of hydrogen-bond donors (Lipinski definition) is 6. The van der Waals surface area contributed by atoms with Gasteiger partial charge < -0.3 is 39.9 Å². The van der Waals surface area contributed by atoms with Crippen molar-refractivity contribution in [1.29, 1.82) is 0 Å². The van der Waals surface area contributed by atoms with Crippen LogP contribution >= 0.6 is 7.82 Å². The molecule has 0 saturated heterocycles. The van der Waals surface area contributed by atoms with E-state index in [1.54, 1.807) is 0 Å². The zero-order valence-electron chi connectivity index (χ0n) is 38.7. The molecule has 0 amide bonds. The van der Waals surface area contributed by atoms with E-state index in [2.05, 4.69) is 38.2 Å². The van der Waals surface area contributed by atoms with E-state index in [1.165, 1.54) is 103 Å². The number of aliphatic hydroxyl groups is 5. The summed E-state index contributed by atoms with van der Waals surface area (Å²) in [6.07, 6.45) is 29.7. The molecule has 0 spiro atoms. The normalized spacial score (nSPS) is 22.0. The number of carbonyl (C=O) groups excluding carboxylic acids is 2. The van der Waals surface area contributed by atoms with Crippen LogP contribution in [0.4, 0.5) is 0 Å². The summed E-state index contributed by atoms with van der Waals surface area (Å²) in [5.41, 5.74) is 0. The van der Waals surface area contributed by atoms with Gasteiger partial charge in [-0.25, -0.2) is 4.57 Å². The van der Waals surface area contributed by atoms with Gasteiger partial charge in [0.05, 0.1) is 6.61 Å². The Bertz CT molecular complexity index is 1180. The van der Waals surface area contributed by atoms with Gasteiger partial charge >= 0.3 is 19.8 Å². The summed E-state index contributed by atoms with van der Waals surface area (Å²) in [4.78, 5) is 35.7. The summed E-state index contributed by atoms with van der Waals surface area (Å²) in [5.74, 6) is -1.11. The Morgan fingerprint density at radius 3 is 1.29 bits per heavy atom. The molecular formula is C48H89O13P. The molecule has 0 radical (unpaired) electrons. The Morgan fingerprint density at radius 2 is 0.855 bits per heavy atom. The number of unbranched alkanes of at least 4 members (excludes halogenated alkanes) is 25. The molecule has 14 heteroatoms. The molecule has 62 heavy (non-hydrogen) atoms. The van der Waals surface area contributed by atoms with Crippen molar-refractivity contribution >= 4 is 19.8 Å². The Hall–Kier alpha value is -1.67. The Balaban J connectivity index is 2.35. The van der Waals surface area contributed by atoms with Crippen LogP contribution in [0.5, 0.6) is 0 Å². The SMILES string of the molecule is CCC/C=C\CCCCCCCC(=O)OCC(COP(=O)(O)OC1C(O)C(O)C(O)C(O)C1O)OC(=O)CCCCCCCCCCCCC/C=C\CCCCCCCCCC. The van der Waals surface area contributed by atoms with Crippen LogP contribution in [0, 0.1) is 0 Å². The van der Waals surface area contributed by atoms with Crippen LogP contribution in [0.15, 0.2) is 24.3 Å². The Morgan fingerprint density at radius 1 is 0.484 bits per heavy atom. The van der Waals surface area contributed by atoms with E-state index in [9.17, 15) is 44.6 Å².